The maximum atomic E-state index is 12.7. The van der Waals surface area contributed by atoms with E-state index in [1.807, 2.05) is 0 Å². The van der Waals surface area contributed by atoms with E-state index in [0.29, 0.717) is 31.7 Å². The van der Waals surface area contributed by atoms with Gasteiger partial charge < -0.3 is 15.4 Å². The van der Waals surface area contributed by atoms with Crippen LogP contribution in [0.1, 0.15) is 43.0 Å². The van der Waals surface area contributed by atoms with Crippen molar-refractivity contribution in [3.8, 4) is 0 Å². The Morgan fingerprint density at radius 2 is 2.16 bits per heavy atom. The summed E-state index contributed by atoms with van der Waals surface area (Å²) in [7, 11) is 0. The molecule has 1 aromatic heterocycles. The maximum absolute atomic E-state index is 12.7. The van der Waals surface area contributed by atoms with E-state index in [1.165, 1.54) is 0 Å². The third kappa shape index (κ3) is 4.45. The van der Waals surface area contributed by atoms with Gasteiger partial charge in [0.2, 0.25) is 0 Å². The highest BCUT2D eigenvalue weighted by atomic mass is 35.5. The van der Waals surface area contributed by atoms with E-state index in [-0.39, 0.29) is 30.3 Å². The second-order valence-electron chi connectivity index (χ2n) is 6.39. The molecular formula is C15H22ClF3N4O2. The number of likely N-dealkylation sites (tertiary alicyclic amines) is 1. The number of hydrogen-bond donors (Lipinski definition) is 2. The molecule has 2 fully saturated rings. The number of hydrogen-bond acceptors (Lipinski definition) is 4. The Morgan fingerprint density at radius 1 is 1.40 bits per heavy atom. The third-order valence-corrected chi connectivity index (χ3v) is 4.71. The van der Waals surface area contributed by atoms with E-state index in [1.54, 1.807) is 4.90 Å². The molecule has 2 aliphatic heterocycles. The highest BCUT2D eigenvalue weighted by Crippen LogP contribution is 2.32. The van der Waals surface area contributed by atoms with E-state index >= 15 is 0 Å². The number of rotatable bonds is 3. The topological polar surface area (TPSA) is 84.2 Å². The zero-order valence-corrected chi connectivity index (χ0v) is 14.4. The number of halogens is 4. The first-order valence-electron chi connectivity index (χ1n) is 8.15. The number of carbonyl (C=O) groups is 1. The molecule has 3 heterocycles. The lowest BCUT2D eigenvalue weighted by Gasteiger charge is -2.33. The zero-order valence-electron chi connectivity index (χ0n) is 13.6. The first-order chi connectivity index (χ1) is 11.4. The first-order valence-corrected chi connectivity index (χ1v) is 8.15. The molecule has 142 valence electrons. The fraction of sp³-hybridized carbons (Fsp3) is 0.733. The number of amides is 1. The number of aromatic amines is 1. The van der Waals surface area contributed by atoms with Crippen LogP contribution in [0.15, 0.2) is 6.07 Å². The molecule has 3 rings (SSSR count). The summed E-state index contributed by atoms with van der Waals surface area (Å²) < 4.78 is 43.7. The standard InChI is InChI=1S/C15H21F3N4O2.ClH/c16-15(17,18)13-6-11(20-21-13)9-2-1-5-22(8-9)14(23)12-4-3-10(7-19)24-12;/h6,9-10,12H,1-5,7-8,19H2,(H,20,21);1H/t9?,10-,12+;/m1./s1. The Hall–Kier alpha value is -1.32. The number of nitrogens with one attached hydrogen (secondary N) is 1. The van der Waals surface area contributed by atoms with E-state index in [2.05, 4.69) is 10.2 Å². The van der Waals surface area contributed by atoms with Gasteiger partial charge in [-0.25, -0.2) is 0 Å². The molecule has 1 unspecified atom stereocenters. The Balaban J connectivity index is 0.00000225. The van der Waals surface area contributed by atoms with Crippen molar-refractivity contribution in [3.05, 3.63) is 17.5 Å². The molecule has 3 atom stereocenters. The number of ether oxygens (including phenoxy) is 1. The molecule has 10 heteroatoms. The van der Waals surface area contributed by atoms with Crippen LogP contribution < -0.4 is 5.73 Å². The van der Waals surface area contributed by atoms with Crippen LogP contribution in [-0.2, 0) is 15.7 Å². The highest BCUT2D eigenvalue weighted by molar-refractivity contribution is 5.85. The van der Waals surface area contributed by atoms with Crippen LogP contribution >= 0.6 is 12.4 Å². The van der Waals surface area contributed by atoms with Crippen LogP contribution in [0.5, 0.6) is 0 Å². The van der Waals surface area contributed by atoms with Crippen molar-refractivity contribution in [2.75, 3.05) is 19.6 Å². The van der Waals surface area contributed by atoms with Gasteiger partial charge in [-0.05, 0) is 31.7 Å². The Kier molecular flexibility index (Phi) is 6.34. The van der Waals surface area contributed by atoms with Gasteiger partial charge in [-0.2, -0.15) is 18.3 Å². The van der Waals surface area contributed by atoms with Gasteiger partial charge in [-0.15, -0.1) is 12.4 Å². The van der Waals surface area contributed by atoms with Crippen molar-refractivity contribution in [1.29, 1.82) is 0 Å². The number of H-pyrrole nitrogens is 1. The van der Waals surface area contributed by atoms with E-state index in [4.69, 9.17) is 10.5 Å². The summed E-state index contributed by atoms with van der Waals surface area (Å²) in [6.45, 7) is 1.37. The molecule has 1 aromatic rings. The van der Waals surface area contributed by atoms with Gasteiger partial charge in [0.1, 0.15) is 6.10 Å². The molecule has 6 nitrogen and oxygen atoms in total. The molecule has 25 heavy (non-hydrogen) atoms. The van der Waals surface area contributed by atoms with Gasteiger partial charge in [0.05, 0.1) is 6.10 Å². The van der Waals surface area contributed by atoms with Crippen molar-refractivity contribution >= 4 is 18.3 Å². The normalized spacial score (nSPS) is 27.2. The Bertz CT molecular complexity index is 596. The van der Waals surface area contributed by atoms with E-state index in [9.17, 15) is 18.0 Å². The number of nitrogens with zero attached hydrogens (tertiary/aromatic N) is 2. The molecule has 0 aromatic carbocycles. The number of piperidine rings is 1. The van der Waals surface area contributed by atoms with Crippen molar-refractivity contribution in [1.82, 2.24) is 15.1 Å². The molecule has 2 aliphatic rings. The average molecular weight is 383 g/mol. The molecule has 1 amide bonds. The van der Waals surface area contributed by atoms with Crippen LogP contribution in [0, 0.1) is 0 Å². The number of nitrogens with two attached hydrogens (primary N) is 1. The molecule has 0 radical (unpaired) electrons. The van der Waals surface area contributed by atoms with Gasteiger partial charge in [-0.1, -0.05) is 0 Å². The summed E-state index contributed by atoms with van der Waals surface area (Å²) >= 11 is 0. The van der Waals surface area contributed by atoms with Crippen LogP contribution in [0.2, 0.25) is 0 Å². The molecular weight excluding hydrogens is 361 g/mol. The number of alkyl halides is 3. The minimum Gasteiger partial charge on any atom is -0.364 e. The Labute approximate surface area is 149 Å². The van der Waals surface area contributed by atoms with Gasteiger partial charge in [0.15, 0.2) is 5.69 Å². The van der Waals surface area contributed by atoms with Crippen LogP contribution in [0.4, 0.5) is 13.2 Å². The molecule has 0 bridgehead atoms. The summed E-state index contributed by atoms with van der Waals surface area (Å²) in [5.41, 5.74) is 5.06. The molecule has 0 spiro atoms. The van der Waals surface area contributed by atoms with Crippen molar-refractivity contribution in [2.45, 2.75) is 50.0 Å². The van der Waals surface area contributed by atoms with Crippen molar-refractivity contribution in [3.63, 3.8) is 0 Å². The van der Waals surface area contributed by atoms with Crippen LogP contribution in [-0.4, -0.2) is 52.8 Å². The number of aromatic nitrogens is 2. The summed E-state index contributed by atoms with van der Waals surface area (Å²) in [5.74, 6) is -0.260. The lowest BCUT2D eigenvalue weighted by atomic mass is 9.94. The first kappa shape index (κ1) is 20.0. The summed E-state index contributed by atoms with van der Waals surface area (Å²) in [6, 6.07) is 1.04. The minimum absolute atomic E-state index is 0. The Morgan fingerprint density at radius 3 is 2.76 bits per heavy atom. The third-order valence-electron chi connectivity index (χ3n) is 4.71. The smallest absolute Gasteiger partial charge is 0.364 e. The average Bonchev–Trinajstić information content (AvgIpc) is 3.23. The second-order valence-corrected chi connectivity index (χ2v) is 6.39. The largest absolute Gasteiger partial charge is 0.435 e. The van der Waals surface area contributed by atoms with Gasteiger partial charge >= 0.3 is 6.18 Å². The quantitative estimate of drug-likeness (QED) is 0.838. The molecule has 2 saturated heterocycles. The predicted octanol–water partition coefficient (Wildman–Crippen LogP) is 2.06. The second kappa shape index (κ2) is 7.92. The lowest BCUT2D eigenvalue weighted by Crippen LogP contribution is -2.44. The van der Waals surface area contributed by atoms with Gasteiger partial charge in [-0.3, -0.25) is 9.89 Å². The summed E-state index contributed by atoms with van der Waals surface area (Å²) in [5, 5.41) is 5.81. The summed E-state index contributed by atoms with van der Waals surface area (Å²) in [4.78, 5) is 14.2. The summed E-state index contributed by atoms with van der Waals surface area (Å²) in [6.07, 6.45) is -2.16. The molecule has 0 aliphatic carbocycles. The number of carbonyl (C=O) groups excluding carboxylic acids is 1. The van der Waals surface area contributed by atoms with E-state index < -0.39 is 18.0 Å². The fourth-order valence-electron chi connectivity index (χ4n) is 3.39. The minimum atomic E-state index is -4.46. The van der Waals surface area contributed by atoms with E-state index in [0.717, 1.165) is 25.3 Å². The fourth-order valence-corrected chi connectivity index (χ4v) is 3.39. The van der Waals surface area contributed by atoms with Gasteiger partial charge in [0, 0.05) is 31.2 Å². The highest BCUT2D eigenvalue weighted by Gasteiger charge is 2.37. The van der Waals surface area contributed by atoms with Gasteiger partial charge in [0.25, 0.3) is 5.91 Å². The monoisotopic (exact) mass is 382 g/mol. The van der Waals surface area contributed by atoms with Crippen LogP contribution in [0.3, 0.4) is 0 Å². The molecule has 0 saturated carbocycles. The van der Waals surface area contributed by atoms with Crippen molar-refractivity contribution < 1.29 is 22.7 Å². The SMILES string of the molecule is Cl.NC[C@H]1CC[C@@H](C(=O)N2CCCC(c3cc(C(F)(F)F)n[nH]3)C2)O1. The molecule has 3 N–H and O–H groups in total. The predicted molar refractivity (Wildman–Crippen MR) is 86.3 cm³/mol. The van der Waals surface area contributed by atoms with Crippen molar-refractivity contribution in [2.24, 2.45) is 5.73 Å². The zero-order chi connectivity index (χ0) is 17.3. The maximum Gasteiger partial charge on any atom is 0.435 e. The lowest BCUT2D eigenvalue weighted by molar-refractivity contribution is -0.144. The van der Waals surface area contributed by atoms with Crippen LogP contribution in [0.25, 0.3) is 0 Å².